The topological polar surface area (TPSA) is 42.9 Å². The van der Waals surface area contributed by atoms with Crippen LogP contribution in [0.15, 0.2) is 4.99 Å². The zero-order valence-electron chi connectivity index (χ0n) is 15.8. The van der Waals surface area contributed by atoms with Crippen molar-refractivity contribution >= 4 is 41.7 Å². The van der Waals surface area contributed by atoms with E-state index in [1.807, 2.05) is 7.05 Å². The Hall–Kier alpha value is 0.270. The first-order valence-electron chi connectivity index (χ1n) is 9.00. The molecule has 2 atom stereocenters. The molecule has 0 aromatic carbocycles. The van der Waals surface area contributed by atoms with E-state index in [1.54, 1.807) is 0 Å². The highest BCUT2D eigenvalue weighted by atomic mass is 127. The number of rotatable bonds is 6. The Kier molecular flexibility index (Phi) is 10.3. The molecule has 2 heterocycles. The second kappa shape index (κ2) is 11.1. The van der Waals surface area contributed by atoms with Gasteiger partial charge in [-0.3, -0.25) is 4.99 Å². The van der Waals surface area contributed by atoms with Crippen LogP contribution >= 0.6 is 35.7 Å². The minimum Gasteiger partial charge on any atom is -0.356 e. The van der Waals surface area contributed by atoms with E-state index >= 15 is 0 Å². The summed E-state index contributed by atoms with van der Waals surface area (Å²) in [5, 5.41) is 7.02. The Balaban J connectivity index is 0.00000288. The van der Waals surface area contributed by atoms with Gasteiger partial charge in [-0.25, -0.2) is 0 Å². The van der Waals surface area contributed by atoms with E-state index in [0.29, 0.717) is 10.7 Å². The van der Waals surface area contributed by atoms with Crippen molar-refractivity contribution in [2.24, 2.45) is 10.9 Å². The SMILES string of the molecule is CN=C(NCC(C)CN1CCN(C)CC1)NCC1(C)CCCS1.I. The first-order valence-corrected chi connectivity index (χ1v) is 9.99. The molecular formula is C17H36IN5S. The van der Waals surface area contributed by atoms with Crippen LogP contribution < -0.4 is 10.6 Å². The van der Waals surface area contributed by atoms with E-state index in [0.717, 1.165) is 19.0 Å². The molecule has 0 radical (unpaired) electrons. The van der Waals surface area contributed by atoms with Crippen LogP contribution in [0.3, 0.4) is 0 Å². The lowest BCUT2D eigenvalue weighted by Crippen LogP contribution is -2.48. The number of piperazine rings is 1. The third-order valence-corrected chi connectivity index (χ3v) is 6.48. The van der Waals surface area contributed by atoms with Crippen LogP contribution in [0.5, 0.6) is 0 Å². The normalized spacial score (nSPS) is 27.6. The fourth-order valence-corrected chi connectivity index (χ4v) is 4.52. The van der Waals surface area contributed by atoms with Gasteiger partial charge in [0.15, 0.2) is 5.96 Å². The highest BCUT2D eigenvalue weighted by Gasteiger charge is 2.29. The lowest BCUT2D eigenvalue weighted by atomic mass is 10.1. The van der Waals surface area contributed by atoms with Crippen molar-refractivity contribution in [3.05, 3.63) is 0 Å². The molecular weight excluding hydrogens is 433 g/mol. The summed E-state index contributed by atoms with van der Waals surface area (Å²) in [4.78, 5) is 9.37. The molecule has 0 aromatic heterocycles. The molecule has 0 aliphatic carbocycles. The zero-order valence-corrected chi connectivity index (χ0v) is 19.0. The Bertz CT molecular complexity index is 379. The smallest absolute Gasteiger partial charge is 0.191 e. The molecule has 142 valence electrons. The van der Waals surface area contributed by atoms with Crippen molar-refractivity contribution in [1.29, 1.82) is 0 Å². The molecule has 2 aliphatic rings. The van der Waals surface area contributed by atoms with Gasteiger partial charge < -0.3 is 20.4 Å². The number of nitrogens with one attached hydrogen (secondary N) is 2. The van der Waals surface area contributed by atoms with Gasteiger partial charge in [-0.2, -0.15) is 11.8 Å². The number of hydrogen-bond donors (Lipinski definition) is 2. The lowest BCUT2D eigenvalue weighted by molar-refractivity contribution is 0.139. The van der Waals surface area contributed by atoms with Crippen LogP contribution in [-0.4, -0.2) is 86.2 Å². The molecule has 0 bridgehead atoms. The Morgan fingerprint density at radius 1 is 1.25 bits per heavy atom. The quantitative estimate of drug-likeness (QED) is 0.354. The predicted molar refractivity (Wildman–Crippen MR) is 118 cm³/mol. The maximum Gasteiger partial charge on any atom is 0.191 e. The molecule has 2 fully saturated rings. The third-order valence-electron chi connectivity index (χ3n) is 4.94. The Labute approximate surface area is 169 Å². The summed E-state index contributed by atoms with van der Waals surface area (Å²) >= 11 is 2.09. The third kappa shape index (κ3) is 7.66. The lowest BCUT2D eigenvalue weighted by Gasteiger charge is -2.34. The maximum absolute atomic E-state index is 4.37. The molecule has 2 rings (SSSR count). The fraction of sp³-hybridized carbons (Fsp3) is 0.941. The van der Waals surface area contributed by atoms with Gasteiger partial charge in [-0.05, 0) is 38.5 Å². The van der Waals surface area contributed by atoms with E-state index < -0.39 is 0 Å². The monoisotopic (exact) mass is 469 g/mol. The van der Waals surface area contributed by atoms with E-state index in [1.165, 1.54) is 51.3 Å². The molecule has 2 N–H and O–H groups in total. The van der Waals surface area contributed by atoms with Crippen LogP contribution in [0.1, 0.15) is 26.7 Å². The second-order valence-corrected chi connectivity index (χ2v) is 9.10. The zero-order chi connectivity index (χ0) is 16.7. The summed E-state index contributed by atoms with van der Waals surface area (Å²) in [6.07, 6.45) is 2.65. The molecule has 2 saturated heterocycles. The standard InChI is InChI=1S/C17H35N5S.HI/c1-15(13-22-9-7-21(4)8-10-22)12-19-16(18-3)20-14-17(2)6-5-11-23-17;/h15H,5-14H2,1-4H3,(H2,18,19,20);1H. The molecule has 5 nitrogen and oxygen atoms in total. The number of likely N-dealkylation sites (N-methyl/N-ethyl adjacent to an activating group) is 1. The van der Waals surface area contributed by atoms with Crippen molar-refractivity contribution in [1.82, 2.24) is 20.4 Å². The summed E-state index contributed by atoms with van der Waals surface area (Å²) in [5.41, 5.74) is 0. The number of aliphatic imine (C=N–C) groups is 1. The van der Waals surface area contributed by atoms with E-state index in [4.69, 9.17) is 0 Å². The molecule has 0 saturated carbocycles. The van der Waals surface area contributed by atoms with Crippen LogP contribution in [0.4, 0.5) is 0 Å². The van der Waals surface area contributed by atoms with Gasteiger partial charge >= 0.3 is 0 Å². The van der Waals surface area contributed by atoms with E-state index in [9.17, 15) is 0 Å². The summed E-state index contributed by atoms with van der Waals surface area (Å²) in [5.74, 6) is 2.88. The van der Waals surface area contributed by atoms with Crippen molar-refractivity contribution < 1.29 is 0 Å². The Morgan fingerprint density at radius 3 is 2.54 bits per heavy atom. The highest BCUT2D eigenvalue weighted by molar-refractivity contribution is 14.0. The predicted octanol–water partition coefficient (Wildman–Crippen LogP) is 1.94. The molecule has 0 amide bonds. The van der Waals surface area contributed by atoms with Gasteiger partial charge in [0.05, 0.1) is 0 Å². The average Bonchev–Trinajstić information content (AvgIpc) is 2.97. The minimum absolute atomic E-state index is 0. The molecule has 24 heavy (non-hydrogen) atoms. The van der Waals surface area contributed by atoms with Crippen LogP contribution in [0.2, 0.25) is 0 Å². The van der Waals surface area contributed by atoms with E-state index in [-0.39, 0.29) is 24.0 Å². The number of nitrogens with zero attached hydrogens (tertiary/aromatic N) is 3. The van der Waals surface area contributed by atoms with Gasteiger partial charge in [0.25, 0.3) is 0 Å². The van der Waals surface area contributed by atoms with Crippen molar-refractivity contribution in [3.8, 4) is 0 Å². The van der Waals surface area contributed by atoms with Gasteiger partial charge in [0.1, 0.15) is 0 Å². The minimum atomic E-state index is 0. The van der Waals surface area contributed by atoms with Crippen molar-refractivity contribution in [3.63, 3.8) is 0 Å². The van der Waals surface area contributed by atoms with Crippen molar-refractivity contribution in [2.45, 2.75) is 31.4 Å². The largest absolute Gasteiger partial charge is 0.356 e. The number of thioether (sulfide) groups is 1. The average molecular weight is 469 g/mol. The van der Waals surface area contributed by atoms with Crippen LogP contribution in [0.25, 0.3) is 0 Å². The van der Waals surface area contributed by atoms with Crippen LogP contribution in [0, 0.1) is 5.92 Å². The second-order valence-electron chi connectivity index (χ2n) is 7.42. The number of guanidine groups is 1. The van der Waals surface area contributed by atoms with Crippen LogP contribution in [-0.2, 0) is 0 Å². The molecule has 2 unspecified atom stereocenters. The summed E-state index contributed by atoms with van der Waals surface area (Å²) in [6.45, 7) is 12.6. The first-order chi connectivity index (χ1) is 11.0. The fourth-order valence-electron chi connectivity index (χ4n) is 3.27. The van der Waals surface area contributed by atoms with E-state index in [2.05, 4.69) is 58.1 Å². The van der Waals surface area contributed by atoms with Gasteiger partial charge in [-0.15, -0.1) is 24.0 Å². The molecule has 0 aromatic rings. The van der Waals surface area contributed by atoms with Crippen molar-refractivity contribution in [2.75, 3.05) is 65.7 Å². The summed E-state index contributed by atoms with van der Waals surface area (Å²) in [6, 6.07) is 0. The highest BCUT2D eigenvalue weighted by Crippen LogP contribution is 2.36. The molecule has 0 spiro atoms. The first kappa shape index (κ1) is 22.3. The number of halogens is 1. The van der Waals surface area contributed by atoms with Gasteiger partial charge in [-0.1, -0.05) is 6.92 Å². The molecule has 2 aliphatic heterocycles. The number of hydrogen-bond acceptors (Lipinski definition) is 4. The van der Waals surface area contributed by atoms with Gasteiger partial charge in [0.2, 0.25) is 0 Å². The van der Waals surface area contributed by atoms with Gasteiger partial charge in [0, 0.05) is 57.6 Å². The Morgan fingerprint density at radius 2 is 1.96 bits per heavy atom. The maximum atomic E-state index is 4.37. The summed E-state index contributed by atoms with van der Waals surface area (Å²) < 4.78 is 0.378. The molecule has 7 heteroatoms. The summed E-state index contributed by atoms with van der Waals surface area (Å²) in [7, 11) is 4.08.